The first kappa shape index (κ1) is 20.4. The monoisotopic (exact) mass is 396 g/mol. The number of rotatable bonds is 7. The van der Waals surface area contributed by atoms with Crippen molar-refractivity contribution in [2.75, 3.05) is 13.1 Å². The molecule has 1 atom stereocenters. The van der Waals surface area contributed by atoms with Gasteiger partial charge >= 0.3 is 0 Å². The van der Waals surface area contributed by atoms with E-state index in [4.69, 9.17) is 5.14 Å². The molecule has 0 aliphatic heterocycles. The van der Waals surface area contributed by atoms with Crippen LogP contribution in [0.15, 0.2) is 51.0 Å². The normalized spacial score (nSPS) is 14.7. The third-order valence-electron chi connectivity index (χ3n) is 3.76. The molecule has 5 N–H and O–H groups in total. The molecule has 7 nitrogen and oxygen atoms in total. The Labute approximate surface area is 158 Å². The molecule has 0 saturated heterocycles. The van der Waals surface area contributed by atoms with Crippen LogP contribution in [0.4, 0.5) is 0 Å². The van der Waals surface area contributed by atoms with Crippen molar-refractivity contribution in [3.8, 4) is 0 Å². The number of thiophene rings is 1. The van der Waals surface area contributed by atoms with Gasteiger partial charge in [-0.3, -0.25) is 0 Å². The number of primary sulfonamides is 1. The van der Waals surface area contributed by atoms with E-state index in [0.717, 1.165) is 11.1 Å². The van der Waals surface area contributed by atoms with Gasteiger partial charge in [0, 0.05) is 6.54 Å². The van der Waals surface area contributed by atoms with E-state index in [9.17, 15) is 13.5 Å². The highest BCUT2D eigenvalue weighted by atomic mass is 32.2. The second-order valence-corrected chi connectivity index (χ2v) is 8.37. The van der Waals surface area contributed by atoms with E-state index in [1.165, 1.54) is 23.5 Å². The molecule has 0 aliphatic rings. The lowest BCUT2D eigenvalue weighted by atomic mass is 9.99. The molecule has 26 heavy (non-hydrogen) atoms. The number of sulfonamides is 1. The highest BCUT2D eigenvalue weighted by Gasteiger charge is 2.23. The zero-order valence-corrected chi connectivity index (χ0v) is 16.4. The summed E-state index contributed by atoms with van der Waals surface area (Å²) in [7, 11) is -3.69. The average molecular weight is 397 g/mol. The number of hydrogen-bond donors (Lipinski definition) is 4. The van der Waals surface area contributed by atoms with Gasteiger partial charge < -0.3 is 15.7 Å². The van der Waals surface area contributed by atoms with E-state index in [-0.39, 0.29) is 4.90 Å². The molecule has 2 rings (SSSR count). The standard InChI is InChI=1S/C17H24N4O3S2/c1-3-19-16(21-12-17(2,22)14-8-9-25-11-14)20-10-13-4-6-15(7-5-13)26(18,23)24/h4-9,11,22H,3,10,12H2,1-2H3,(H2,18,23,24)(H2,19,20,21). The van der Waals surface area contributed by atoms with Crippen molar-refractivity contribution in [1.82, 2.24) is 10.6 Å². The molecule has 0 aliphatic carbocycles. The predicted octanol–water partition coefficient (Wildman–Crippen LogP) is 1.36. The first-order valence-electron chi connectivity index (χ1n) is 8.11. The molecule has 142 valence electrons. The maximum Gasteiger partial charge on any atom is 0.238 e. The van der Waals surface area contributed by atoms with Crippen LogP contribution in [0.5, 0.6) is 0 Å². The first-order valence-corrected chi connectivity index (χ1v) is 10.6. The van der Waals surface area contributed by atoms with Crippen molar-refractivity contribution in [2.45, 2.75) is 30.9 Å². The predicted molar refractivity (Wildman–Crippen MR) is 105 cm³/mol. The van der Waals surface area contributed by atoms with Gasteiger partial charge in [0.25, 0.3) is 0 Å². The molecular weight excluding hydrogens is 372 g/mol. The first-order chi connectivity index (χ1) is 12.2. The van der Waals surface area contributed by atoms with Crippen molar-refractivity contribution in [3.05, 3.63) is 52.2 Å². The minimum Gasteiger partial charge on any atom is -0.384 e. The summed E-state index contributed by atoms with van der Waals surface area (Å²) in [5.41, 5.74) is 0.691. The van der Waals surface area contributed by atoms with Crippen LogP contribution in [0.25, 0.3) is 0 Å². The highest BCUT2D eigenvalue weighted by molar-refractivity contribution is 7.89. The Kier molecular flexibility index (Phi) is 6.76. The molecule has 2 aromatic rings. The van der Waals surface area contributed by atoms with Gasteiger partial charge in [0.1, 0.15) is 5.60 Å². The molecule has 0 fully saturated rings. The topological polar surface area (TPSA) is 117 Å². The van der Waals surface area contributed by atoms with E-state index >= 15 is 0 Å². The number of aliphatic imine (C=N–C) groups is 1. The maximum atomic E-state index is 11.3. The fourth-order valence-corrected chi connectivity index (χ4v) is 3.52. The molecule has 0 saturated carbocycles. The van der Waals surface area contributed by atoms with Crippen molar-refractivity contribution in [1.29, 1.82) is 0 Å². The Morgan fingerprint density at radius 2 is 1.96 bits per heavy atom. The van der Waals surface area contributed by atoms with E-state index < -0.39 is 15.6 Å². The smallest absolute Gasteiger partial charge is 0.238 e. The largest absolute Gasteiger partial charge is 0.384 e. The van der Waals surface area contributed by atoms with Gasteiger partial charge in [-0.15, -0.1) is 0 Å². The minimum absolute atomic E-state index is 0.0714. The molecule has 1 aromatic carbocycles. The Hall–Kier alpha value is -1.94. The third kappa shape index (κ3) is 5.80. The van der Waals surface area contributed by atoms with E-state index in [2.05, 4.69) is 15.6 Å². The number of nitrogens with zero attached hydrogens (tertiary/aromatic N) is 1. The van der Waals surface area contributed by atoms with E-state index in [1.54, 1.807) is 19.1 Å². The summed E-state index contributed by atoms with van der Waals surface area (Å²) in [5.74, 6) is 0.568. The summed E-state index contributed by atoms with van der Waals surface area (Å²) in [6, 6.07) is 8.16. The average Bonchev–Trinajstić information content (AvgIpc) is 3.12. The van der Waals surface area contributed by atoms with Gasteiger partial charge in [-0.2, -0.15) is 11.3 Å². The molecule has 1 heterocycles. The van der Waals surface area contributed by atoms with Crippen molar-refractivity contribution in [2.24, 2.45) is 10.1 Å². The molecule has 0 bridgehead atoms. The Bertz CT molecular complexity index is 829. The second kappa shape index (κ2) is 8.63. The van der Waals surface area contributed by atoms with Crippen LogP contribution in [0.1, 0.15) is 25.0 Å². The molecule has 1 aromatic heterocycles. The second-order valence-electron chi connectivity index (χ2n) is 6.02. The van der Waals surface area contributed by atoms with Gasteiger partial charge in [0.15, 0.2) is 5.96 Å². The number of benzene rings is 1. The third-order valence-corrected chi connectivity index (χ3v) is 5.37. The Balaban J connectivity index is 2.02. The number of guanidine groups is 1. The SMILES string of the molecule is CCNC(=NCc1ccc(S(N)(=O)=O)cc1)NCC(C)(O)c1ccsc1. The Morgan fingerprint density at radius 3 is 2.50 bits per heavy atom. The molecule has 1 unspecified atom stereocenters. The van der Waals surface area contributed by atoms with Gasteiger partial charge in [-0.05, 0) is 53.9 Å². The lowest BCUT2D eigenvalue weighted by Crippen LogP contribution is -2.44. The highest BCUT2D eigenvalue weighted by Crippen LogP contribution is 2.21. The van der Waals surface area contributed by atoms with Crippen LogP contribution < -0.4 is 15.8 Å². The maximum absolute atomic E-state index is 11.3. The fourth-order valence-electron chi connectivity index (χ4n) is 2.23. The van der Waals surface area contributed by atoms with Crippen molar-refractivity contribution >= 4 is 27.3 Å². The number of nitrogens with one attached hydrogen (secondary N) is 2. The zero-order valence-electron chi connectivity index (χ0n) is 14.8. The van der Waals surface area contributed by atoms with Crippen LogP contribution in [0.2, 0.25) is 0 Å². The zero-order chi connectivity index (χ0) is 19.2. The van der Waals surface area contributed by atoms with Crippen molar-refractivity contribution in [3.63, 3.8) is 0 Å². The van der Waals surface area contributed by atoms with Crippen LogP contribution >= 0.6 is 11.3 Å². The van der Waals surface area contributed by atoms with Crippen molar-refractivity contribution < 1.29 is 13.5 Å². The summed E-state index contributed by atoms with van der Waals surface area (Å²) in [5, 5.41) is 25.8. The fraction of sp³-hybridized carbons (Fsp3) is 0.353. The molecule has 0 amide bonds. The van der Waals surface area contributed by atoms with Gasteiger partial charge in [-0.25, -0.2) is 18.5 Å². The number of hydrogen-bond acceptors (Lipinski definition) is 5. The summed E-state index contributed by atoms with van der Waals surface area (Å²) in [6.45, 7) is 5.05. The summed E-state index contributed by atoms with van der Waals surface area (Å²) in [6.07, 6.45) is 0. The van der Waals surface area contributed by atoms with E-state index in [1.807, 2.05) is 23.8 Å². The minimum atomic E-state index is -3.69. The molecule has 0 spiro atoms. The van der Waals surface area contributed by atoms with E-state index in [0.29, 0.717) is 25.6 Å². The van der Waals surface area contributed by atoms with Crippen LogP contribution in [0.3, 0.4) is 0 Å². The molecular formula is C17H24N4O3S2. The lowest BCUT2D eigenvalue weighted by Gasteiger charge is -2.24. The van der Waals surface area contributed by atoms with Crippen LogP contribution in [-0.2, 0) is 22.2 Å². The molecule has 0 radical (unpaired) electrons. The Morgan fingerprint density at radius 1 is 1.27 bits per heavy atom. The number of nitrogens with two attached hydrogens (primary N) is 1. The summed E-state index contributed by atoms with van der Waals surface area (Å²) < 4.78 is 22.6. The van der Waals surface area contributed by atoms with Crippen LogP contribution in [0, 0.1) is 0 Å². The van der Waals surface area contributed by atoms with Gasteiger partial charge in [0.2, 0.25) is 10.0 Å². The quantitative estimate of drug-likeness (QED) is 0.416. The van der Waals surface area contributed by atoms with Gasteiger partial charge in [0.05, 0.1) is 18.0 Å². The lowest BCUT2D eigenvalue weighted by molar-refractivity contribution is 0.0621. The summed E-state index contributed by atoms with van der Waals surface area (Å²) in [4.78, 5) is 4.54. The molecule has 9 heteroatoms. The summed E-state index contributed by atoms with van der Waals surface area (Å²) >= 11 is 1.54. The van der Waals surface area contributed by atoms with Gasteiger partial charge in [-0.1, -0.05) is 12.1 Å². The number of aliphatic hydroxyl groups is 1. The van der Waals surface area contributed by atoms with Crippen LogP contribution in [-0.4, -0.2) is 32.6 Å².